The summed E-state index contributed by atoms with van der Waals surface area (Å²) in [6.07, 6.45) is 1.03. The summed E-state index contributed by atoms with van der Waals surface area (Å²) in [7, 11) is 0. The topological polar surface area (TPSA) is 212 Å². The van der Waals surface area contributed by atoms with Crippen LogP contribution >= 0.6 is 22.9 Å². The highest BCUT2D eigenvalue weighted by Crippen LogP contribution is 2.43. The molecule has 6 heterocycles. The lowest BCUT2D eigenvalue weighted by molar-refractivity contribution is -0.140. The molecule has 3 aliphatic heterocycles. The number of nitrogens with zero attached hydrogens (tertiary/aromatic N) is 9. The number of rotatable bonds is 19. The first-order chi connectivity index (χ1) is 39.5. The number of aromatic hydroxyl groups is 1. The van der Waals surface area contributed by atoms with Crippen molar-refractivity contribution in [1.29, 1.82) is 5.26 Å². The Bertz CT molecular complexity index is 3570. The molecule has 21 heteroatoms. The highest BCUT2D eigenvalue weighted by molar-refractivity contribution is 7.13. The minimum atomic E-state index is -1.14. The van der Waals surface area contributed by atoms with Crippen LogP contribution in [-0.2, 0) is 14.4 Å². The number of carbonyl (C=O) groups excluding carboxylic acids is 3. The molecule has 82 heavy (non-hydrogen) atoms. The third kappa shape index (κ3) is 12.3. The molecule has 4 aromatic carbocycles. The Balaban J connectivity index is 0.767. The number of ether oxygens (including phenoxy) is 2. The highest BCUT2D eigenvalue weighted by atomic mass is 35.5. The number of nitriles is 1. The van der Waals surface area contributed by atoms with E-state index in [0.29, 0.717) is 35.2 Å². The molecular weight excluding hydrogens is 1090 g/mol. The molecule has 0 saturated carbocycles. The number of piperazine rings is 1. The third-order valence-corrected chi connectivity index (χ3v) is 17.3. The number of fused-ring (bicyclic) bond motifs is 2. The van der Waals surface area contributed by atoms with Gasteiger partial charge >= 0.3 is 6.01 Å². The monoisotopic (exact) mass is 1160 g/mol. The maximum atomic E-state index is 17.3. The maximum Gasteiger partial charge on any atom is 0.319 e. The molecule has 17 nitrogen and oxygen atoms in total. The van der Waals surface area contributed by atoms with Crippen molar-refractivity contribution in [2.75, 3.05) is 63.9 Å². The number of hydrogen-bond donors (Lipinski definition) is 2. The second kappa shape index (κ2) is 24.9. The number of aryl methyl sites for hydroxylation is 1. The van der Waals surface area contributed by atoms with Crippen LogP contribution in [0.5, 0.6) is 17.6 Å². The summed E-state index contributed by atoms with van der Waals surface area (Å²) in [6.45, 7) is 13.7. The van der Waals surface area contributed by atoms with E-state index in [0.717, 1.165) is 47.6 Å². The maximum absolute atomic E-state index is 17.3. The van der Waals surface area contributed by atoms with E-state index in [1.807, 2.05) is 63.5 Å². The Labute approximate surface area is 482 Å². The largest absolute Gasteiger partial charge is 0.508 e. The zero-order chi connectivity index (χ0) is 57.9. The average Bonchev–Trinajstić information content (AvgIpc) is 2.08. The van der Waals surface area contributed by atoms with Crippen molar-refractivity contribution in [3.05, 3.63) is 119 Å². The van der Waals surface area contributed by atoms with Crippen molar-refractivity contribution in [1.82, 2.24) is 34.8 Å². The van der Waals surface area contributed by atoms with E-state index < -0.39 is 41.7 Å². The van der Waals surface area contributed by atoms with E-state index >= 15 is 4.39 Å². The van der Waals surface area contributed by atoms with Crippen LogP contribution in [0, 0.1) is 35.9 Å². The predicted molar refractivity (Wildman–Crippen MR) is 308 cm³/mol. The molecule has 3 saturated heterocycles. The Morgan fingerprint density at radius 2 is 1.74 bits per heavy atom. The lowest BCUT2D eigenvalue weighted by Gasteiger charge is -2.41. The molecule has 10 rings (SSSR count). The Morgan fingerprint density at radius 3 is 2.46 bits per heavy atom. The molecule has 0 aliphatic carbocycles. The summed E-state index contributed by atoms with van der Waals surface area (Å²) in [5.74, 6) is -3.39. The number of anilines is 1. The van der Waals surface area contributed by atoms with E-state index in [2.05, 4.69) is 32.7 Å². The van der Waals surface area contributed by atoms with Gasteiger partial charge in [-0.15, -0.1) is 11.3 Å². The normalized spacial score (nSPS) is 18.7. The van der Waals surface area contributed by atoms with E-state index in [1.54, 1.807) is 52.6 Å². The predicted octanol–water partition coefficient (Wildman–Crippen LogP) is 10.4. The summed E-state index contributed by atoms with van der Waals surface area (Å²) < 4.78 is 49.5. The van der Waals surface area contributed by atoms with Crippen LogP contribution in [0.25, 0.3) is 43.2 Å². The highest BCUT2D eigenvalue weighted by Gasteiger charge is 2.44. The molecule has 0 bridgehead atoms. The number of carbonyl (C=O) groups is 3. The van der Waals surface area contributed by atoms with Gasteiger partial charge in [0, 0.05) is 62.6 Å². The fraction of sp³-hybridized carbons (Fsp3) is 0.410. The average molecular weight is 1160 g/mol. The number of aliphatic hydroxyl groups excluding tert-OH is 1. The van der Waals surface area contributed by atoms with Gasteiger partial charge in [-0.3, -0.25) is 19.3 Å². The number of hydrogen-bond acceptors (Lipinski definition) is 16. The number of likely N-dealkylation sites (tertiary alicyclic amines) is 2. The first-order valence-electron chi connectivity index (χ1n) is 27.6. The number of aliphatic hydroxyl groups is 1. The number of piperidine rings is 1. The van der Waals surface area contributed by atoms with Crippen molar-refractivity contribution in [2.24, 2.45) is 11.8 Å². The fourth-order valence-electron chi connectivity index (χ4n) is 11.7. The van der Waals surface area contributed by atoms with E-state index in [4.69, 9.17) is 30.6 Å². The molecule has 0 unspecified atom stereocenters. The molecule has 0 spiro atoms. The number of β-amino-alcohol motifs (C(OH)–C–C–N with tert-alkyl or cyclic N) is 1. The van der Waals surface area contributed by atoms with Crippen LogP contribution in [0.1, 0.15) is 81.7 Å². The first-order valence-corrected chi connectivity index (χ1v) is 28.9. The van der Waals surface area contributed by atoms with Crippen molar-refractivity contribution in [3.8, 4) is 45.3 Å². The fourth-order valence-corrected chi connectivity index (χ4v) is 12.8. The molecular formula is C61H64ClF2N9O8S. The van der Waals surface area contributed by atoms with Crippen LogP contribution in [-0.4, -0.2) is 140 Å². The van der Waals surface area contributed by atoms with Gasteiger partial charge in [0.05, 0.1) is 58.4 Å². The number of aromatic nitrogens is 4. The van der Waals surface area contributed by atoms with Crippen LogP contribution in [0.15, 0.2) is 95.2 Å². The molecule has 5 atom stereocenters. The molecule has 428 valence electrons. The number of phenolic OH excluding ortho intramolecular Hbond substituents is 1. The first kappa shape index (κ1) is 57.7. The van der Waals surface area contributed by atoms with Crippen molar-refractivity contribution < 1.29 is 47.4 Å². The van der Waals surface area contributed by atoms with Gasteiger partial charge < -0.3 is 38.9 Å². The number of phenols is 1. The van der Waals surface area contributed by atoms with Gasteiger partial charge in [-0.25, -0.2) is 13.8 Å². The van der Waals surface area contributed by atoms with Gasteiger partial charge in [0.25, 0.3) is 11.8 Å². The lowest BCUT2D eigenvalue weighted by atomic mass is 9.89. The lowest BCUT2D eigenvalue weighted by Crippen LogP contribution is -2.55. The van der Waals surface area contributed by atoms with E-state index in [-0.39, 0.29) is 126 Å². The molecule has 2 amide bonds. The Morgan fingerprint density at radius 1 is 0.976 bits per heavy atom. The van der Waals surface area contributed by atoms with Gasteiger partial charge in [-0.1, -0.05) is 87.5 Å². The Kier molecular flexibility index (Phi) is 17.5. The minimum absolute atomic E-state index is 0.0197. The molecule has 3 fully saturated rings. The van der Waals surface area contributed by atoms with Gasteiger partial charge in [0.15, 0.2) is 23.2 Å². The molecule has 3 aromatic heterocycles. The molecule has 7 aromatic rings. The molecule has 0 radical (unpaired) electrons. The minimum Gasteiger partial charge on any atom is -0.508 e. The summed E-state index contributed by atoms with van der Waals surface area (Å²) in [5, 5.41) is 37.0. The number of benzene rings is 4. The number of Topliss-reactive ketones (excluding diaryl/α,β-unsaturated/α-hetero) is 1. The zero-order valence-corrected chi connectivity index (χ0v) is 47.6. The van der Waals surface area contributed by atoms with E-state index in [9.17, 15) is 34.2 Å². The second-order valence-corrected chi connectivity index (χ2v) is 23.2. The number of halogens is 3. The second-order valence-electron chi connectivity index (χ2n) is 21.9. The van der Waals surface area contributed by atoms with Crippen LogP contribution < -0.4 is 14.4 Å². The zero-order valence-electron chi connectivity index (χ0n) is 46.1. The van der Waals surface area contributed by atoms with Gasteiger partial charge in [-0.05, 0) is 101 Å². The summed E-state index contributed by atoms with van der Waals surface area (Å²) >= 11 is 8.52. The van der Waals surface area contributed by atoms with Gasteiger partial charge in [-0.2, -0.15) is 15.2 Å². The number of ketones is 1. The Hall–Kier alpha value is -7.57. The summed E-state index contributed by atoms with van der Waals surface area (Å²) in [6, 6.07) is 22.1. The van der Waals surface area contributed by atoms with Crippen LogP contribution in [0.2, 0.25) is 5.02 Å². The van der Waals surface area contributed by atoms with Crippen molar-refractivity contribution >= 4 is 68.0 Å². The number of thiazole rings is 1. The van der Waals surface area contributed by atoms with Crippen molar-refractivity contribution in [3.63, 3.8) is 0 Å². The quantitative estimate of drug-likeness (QED) is 0.0721. The summed E-state index contributed by atoms with van der Waals surface area (Å²) in [5.41, 5.74) is 5.15. The number of amides is 2. The van der Waals surface area contributed by atoms with E-state index in [1.165, 1.54) is 15.9 Å². The SMILES string of the molecule is C=C(F)C(=O)N1CCN(c2nc(OCCN3CCC(COc4cc([C@@H](C(=O)N5C[C@H](O)C[C@H]5C(=O)C[C@@H](C)c5ccc(-c6scnc6C)cc5)C(C)C)on4)CC3)nc3c(F)c(-c4cc(O)cc5ccccc45)c(Cl)cc23)C[C@@H]1CC#N. The van der Waals surface area contributed by atoms with Gasteiger partial charge in [0.2, 0.25) is 5.91 Å². The summed E-state index contributed by atoms with van der Waals surface area (Å²) in [4.78, 5) is 62.7. The van der Waals surface area contributed by atoms with Crippen molar-refractivity contribution in [2.45, 2.75) is 89.8 Å². The third-order valence-electron chi connectivity index (χ3n) is 16.0. The smallest absolute Gasteiger partial charge is 0.319 e. The molecule has 3 aliphatic rings. The van der Waals surface area contributed by atoms with Crippen LogP contribution in [0.4, 0.5) is 14.6 Å². The standard InChI is InChI=1S/C61H64ClF2N9O8S/c1-34(2)53(60(78)73-31-44(75)27-49(73)50(76)24-35(3)39-10-12-40(13-11-39)57-37(5)66-33-82-57)51-29-52(69-81-51)80-32-38-15-18-70(19-16-38)22-23-79-61-67-56-47(58(68-61)71-20-21-72(59(77)36(4)63)42(30-71)14-17-65)28-48(62)54(55(56)64)46-26-43(74)25-41-8-6-7-9-45(41)46/h6-13,25-26,28-29,33-35,38,42,44,49,53,74-75H,4,14-16,18-24,27,30-32H2,1-3,5H3/t35-,42+,44-,49+,53+/m1/s1. The molecule has 2 N–H and O–H groups in total. The van der Waals surface area contributed by atoms with Crippen LogP contribution in [0.3, 0.4) is 0 Å². The van der Waals surface area contributed by atoms with Gasteiger partial charge in [0.1, 0.15) is 29.6 Å².